The summed E-state index contributed by atoms with van der Waals surface area (Å²) in [6.45, 7) is 3.42. The molecule has 0 aliphatic carbocycles. The molecule has 0 radical (unpaired) electrons. The molecule has 6 unspecified atom stereocenters. The highest BCUT2D eigenvalue weighted by atomic mass is 16.7. The molecule has 0 aromatic heterocycles. The molecule has 1 rings (SSSR count). The summed E-state index contributed by atoms with van der Waals surface area (Å²) in [5.74, 6) is -0.805. The molecule has 0 amide bonds. The molecule has 58 heavy (non-hydrogen) atoms. The standard InChI is InChI=1S/C48H90O10/c1-3-5-7-9-11-13-15-17-18-19-20-21-22-23-24-25-27-28-30-32-34-36-43(50)55-39-41(40-56-48-47(54)46(53)45(52)42(38-49)58-48)57-44(51)37-35-33-31-29-26-16-14-12-10-8-6-4-2/h12,14,41-42,45-49,52-54H,3-11,13,15-40H2,1-2H3/b14-12-. The van der Waals surface area contributed by atoms with Crippen molar-refractivity contribution in [2.24, 2.45) is 0 Å². The molecule has 6 atom stereocenters. The largest absolute Gasteiger partial charge is 0.462 e. The maximum atomic E-state index is 12.7. The molecule has 0 spiro atoms. The predicted molar refractivity (Wildman–Crippen MR) is 233 cm³/mol. The van der Waals surface area contributed by atoms with Crippen LogP contribution in [0.3, 0.4) is 0 Å². The fraction of sp³-hybridized carbons (Fsp3) is 0.917. The predicted octanol–water partition coefficient (Wildman–Crippen LogP) is 10.7. The molecule has 1 aliphatic rings. The summed E-state index contributed by atoms with van der Waals surface area (Å²) in [6.07, 6.45) is 35.1. The van der Waals surface area contributed by atoms with Crippen molar-refractivity contribution < 1.29 is 49.0 Å². The number of allylic oxidation sites excluding steroid dienone is 2. The molecule has 4 N–H and O–H groups in total. The minimum atomic E-state index is -1.59. The molecule has 0 bridgehead atoms. The summed E-state index contributed by atoms with van der Waals surface area (Å²) in [5, 5.41) is 40.1. The first-order valence-electron chi connectivity index (χ1n) is 24.3. The average Bonchev–Trinajstić information content (AvgIpc) is 3.22. The number of aliphatic hydroxyl groups excluding tert-OH is 4. The van der Waals surface area contributed by atoms with Gasteiger partial charge in [0.25, 0.3) is 0 Å². The van der Waals surface area contributed by atoms with Crippen molar-refractivity contribution in [2.75, 3.05) is 19.8 Å². The third-order valence-corrected chi connectivity index (χ3v) is 11.4. The van der Waals surface area contributed by atoms with E-state index in [1.165, 1.54) is 135 Å². The van der Waals surface area contributed by atoms with E-state index in [4.69, 9.17) is 18.9 Å². The van der Waals surface area contributed by atoms with Crippen LogP contribution in [0.15, 0.2) is 12.2 Å². The van der Waals surface area contributed by atoms with E-state index >= 15 is 0 Å². The zero-order valence-corrected chi connectivity index (χ0v) is 37.3. The molecule has 1 fully saturated rings. The van der Waals surface area contributed by atoms with Crippen molar-refractivity contribution in [3.63, 3.8) is 0 Å². The number of hydrogen-bond donors (Lipinski definition) is 4. The van der Waals surface area contributed by atoms with Gasteiger partial charge in [-0.05, 0) is 38.5 Å². The first kappa shape index (κ1) is 54.5. The summed E-state index contributed by atoms with van der Waals surface area (Å²) in [6, 6.07) is 0. The van der Waals surface area contributed by atoms with E-state index in [1.54, 1.807) is 0 Å². The fourth-order valence-electron chi connectivity index (χ4n) is 7.54. The number of rotatable bonds is 41. The van der Waals surface area contributed by atoms with Gasteiger partial charge in [0.05, 0.1) is 13.2 Å². The Labute approximate surface area is 354 Å². The van der Waals surface area contributed by atoms with Gasteiger partial charge in [-0.15, -0.1) is 0 Å². The van der Waals surface area contributed by atoms with Crippen LogP contribution in [-0.2, 0) is 28.5 Å². The topological polar surface area (TPSA) is 152 Å². The van der Waals surface area contributed by atoms with E-state index < -0.39 is 49.4 Å². The highest BCUT2D eigenvalue weighted by Crippen LogP contribution is 2.23. The number of esters is 2. The summed E-state index contributed by atoms with van der Waals surface area (Å²) < 4.78 is 22.2. The quantitative estimate of drug-likeness (QED) is 0.0266. The molecule has 0 saturated carbocycles. The Balaban J connectivity index is 2.23. The molecule has 1 saturated heterocycles. The van der Waals surface area contributed by atoms with Crippen LogP contribution in [0, 0.1) is 0 Å². The summed E-state index contributed by atoms with van der Waals surface area (Å²) >= 11 is 0. The highest BCUT2D eigenvalue weighted by Gasteiger charge is 2.44. The maximum absolute atomic E-state index is 12.7. The van der Waals surface area contributed by atoms with Gasteiger partial charge in [0, 0.05) is 12.8 Å². The zero-order valence-electron chi connectivity index (χ0n) is 37.3. The van der Waals surface area contributed by atoms with Crippen LogP contribution in [0.4, 0.5) is 0 Å². The van der Waals surface area contributed by atoms with Gasteiger partial charge in [-0.25, -0.2) is 0 Å². The van der Waals surface area contributed by atoms with Gasteiger partial charge in [-0.3, -0.25) is 9.59 Å². The third kappa shape index (κ3) is 30.5. The van der Waals surface area contributed by atoms with Crippen molar-refractivity contribution in [3.8, 4) is 0 Å². The normalized spacial score (nSPS) is 20.1. The number of carbonyl (C=O) groups is 2. The van der Waals surface area contributed by atoms with Gasteiger partial charge in [-0.2, -0.15) is 0 Å². The minimum Gasteiger partial charge on any atom is -0.462 e. The Morgan fingerprint density at radius 2 is 0.914 bits per heavy atom. The lowest BCUT2D eigenvalue weighted by Crippen LogP contribution is -2.59. The minimum absolute atomic E-state index is 0.215. The van der Waals surface area contributed by atoms with Gasteiger partial charge in [0.1, 0.15) is 31.0 Å². The number of aliphatic hydroxyl groups is 4. The van der Waals surface area contributed by atoms with E-state index in [0.717, 1.165) is 57.8 Å². The summed E-state index contributed by atoms with van der Waals surface area (Å²) in [5.41, 5.74) is 0. The van der Waals surface area contributed by atoms with Crippen molar-refractivity contribution in [1.82, 2.24) is 0 Å². The zero-order chi connectivity index (χ0) is 42.3. The maximum Gasteiger partial charge on any atom is 0.306 e. The van der Waals surface area contributed by atoms with E-state index in [0.29, 0.717) is 6.42 Å². The number of carbonyl (C=O) groups excluding carboxylic acids is 2. The van der Waals surface area contributed by atoms with Crippen molar-refractivity contribution in [2.45, 2.75) is 263 Å². The monoisotopic (exact) mass is 827 g/mol. The van der Waals surface area contributed by atoms with Gasteiger partial charge >= 0.3 is 11.9 Å². The molecule has 342 valence electrons. The average molecular weight is 827 g/mol. The molecule has 0 aromatic carbocycles. The van der Waals surface area contributed by atoms with Crippen LogP contribution in [0.1, 0.15) is 226 Å². The first-order valence-corrected chi connectivity index (χ1v) is 24.3. The van der Waals surface area contributed by atoms with Crippen LogP contribution in [0.2, 0.25) is 0 Å². The molecule has 1 aliphatic heterocycles. The van der Waals surface area contributed by atoms with Gasteiger partial charge in [-0.1, -0.05) is 187 Å². The lowest BCUT2D eigenvalue weighted by molar-refractivity contribution is -0.305. The molecule has 1 heterocycles. The second-order valence-corrected chi connectivity index (χ2v) is 16.9. The van der Waals surface area contributed by atoms with Gasteiger partial charge < -0.3 is 39.4 Å². The highest BCUT2D eigenvalue weighted by molar-refractivity contribution is 5.70. The van der Waals surface area contributed by atoms with E-state index in [9.17, 15) is 30.0 Å². The third-order valence-electron chi connectivity index (χ3n) is 11.4. The van der Waals surface area contributed by atoms with Crippen molar-refractivity contribution in [1.29, 1.82) is 0 Å². The number of hydrogen-bond acceptors (Lipinski definition) is 10. The lowest BCUT2D eigenvalue weighted by atomic mass is 9.99. The van der Waals surface area contributed by atoms with Gasteiger partial charge in [0.2, 0.25) is 0 Å². The molecular formula is C48H90O10. The number of ether oxygens (including phenoxy) is 4. The first-order chi connectivity index (χ1) is 28.3. The SMILES string of the molecule is CCCCC/C=C\CCCCCCCC(=O)OC(COC(=O)CCCCCCCCCCCCCCCCCCCCCCC)COC1OC(CO)C(O)C(O)C1O. The molecule has 0 aromatic rings. The Kier molecular flexibility index (Phi) is 37.2. The Morgan fingerprint density at radius 3 is 1.38 bits per heavy atom. The van der Waals surface area contributed by atoms with E-state index in [-0.39, 0.29) is 32.0 Å². The molecule has 10 nitrogen and oxygen atoms in total. The van der Waals surface area contributed by atoms with Crippen LogP contribution >= 0.6 is 0 Å². The van der Waals surface area contributed by atoms with Crippen LogP contribution in [0.25, 0.3) is 0 Å². The van der Waals surface area contributed by atoms with Crippen LogP contribution in [0.5, 0.6) is 0 Å². The fourth-order valence-corrected chi connectivity index (χ4v) is 7.54. The van der Waals surface area contributed by atoms with Crippen molar-refractivity contribution >= 4 is 11.9 Å². The van der Waals surface area contributed by atoms with Crippen molar-refractivity contribution in [3.05, 3.63) is 12.2 Å². The molecular weight excluding hydrogens is 737 g/mol. The summed E-state index contributed by atoms with van der Waals surface area (Å²) in [7, 11) is 0. The second-order valence-electron chi connectivity index (χ2n) is 16.9. The van der Waals surface area contributed by atoms with Gasteiger partial charge in [0.15, 0.2) is 12.4 Å². The lowest BCUT2D eigenvalue weighted by Gasteiger charge is -2.39. The molecule has 10 heteroatoms. The summed E-state index contributed by atoms with van der Waals surface area (Å²) in [4.78, 5) is 25.3. The Bertz CT molecular complexity index is 959. The number of unbranched alkanes of at least 4 members (excludes halogenated alkanes) is 28. The smallest absolute Gasteiger partial charge is 0.306 e. The Hall–Kier alpha value is -1.56. The van der Waals surface area contributed by atoms with Crippen LogP contribution < -0.4 is 0 Å². The van der Waals surface area contributed by atoms with E-state index in [1.807, 2.05) is 0 Å². The Morgan fingerprint density at radius 1 is 0.517 bits per heavy atom. The van der Waals surface area contributed by atoms with Crippen LogP contribution in [-0.4, -0.2) is 89.0 Å². The van der Waals surface area contributed by atoms with E-state index in [2.05, 4.69) is 26.0 Å². The second kappa shape index (κ2) is 39.6.